The number of pyridine rings is 1. The summed E-state index contributed by atoms with van der Waals surface area (Å²) < 4.78 is 40.7. The number of hydrogen-bond acceptors (Lipinski definition) is 6. The number of rotatable bonds is 5. The van der Waals surface area contributed by atoms with Gasteiger partial charge in [-0.05, 0) is 79.1 Å². The van der Waals surface area contributed by atoms with Crippen LogP contribution in [0.1, 0.15) is 32.6 Å². The van der Waals surface area contributed by atoms with Crippen LogP contribution in [0.15, 0.2) is 78.0 Å². The maximum absolute atomic E-state index is 13.6. The summed E-state index contributed by atoms with van der Waals surface area (Å²) >= 11 is 0. The number of benzene rings is 3. The summed E-state index contributed by atoms with van der Waals surface area (Å²) in [6, 6.07) is 15.6. The normalized spacial score (nSPS) is 14.0. The lowest BCUT2D eigenvalue weighted by molar-refractivity contribution is -0.137. The number of hydrazone groups is 1. The molecule has 0 radical (unpaired) electrons. The number of aromatic hydroxyl groups is 1. The first-order valence-corrected chi connectivity index (χ1v) is 11.9. The highest BCUT2D eigenvalue weighted by Crippen LogP contribution is 2.41. The highest BCUT2D eigenvalue weighted by atomic mass is 19.4. The van der Waals surface area contributed by atoms with E-state index in [2.05, 4.69) is 15.5 Å². The van der Waals surface area contributed by atoms with Crippen LogP contribution in [0.25, 0.3) is 11.1 Å². The van der Waals surface area contributed by atoms with E-state index in [1.165, 1.54) is 41.4 Å². The van der Waals surface area contributed by atoms with Crippen molar-refractivity contribution in [2.45, 2.75) is 20.0 Å². The number of halogens is 3. The molecule has 11 heteroatoms. The fourth-order valence-electron chi connectivity index (χ4n) is 4.57. The fourth-order valence-corrected chi connectivity index (χ4v) is 4.57. The number of anilines is 3. The number of nitrogens with one attached hydrogen (secondary N) is 1. The molecule has 0 fully saturated rings. The second kappa shape index (κ2) is 9.84. The van der Waals surface area contributed by atoms with Crippen molar-refractivity contribution in [2.75, 3.05) is 10.3 Å². The Labute approximate surface area is 226 Å². The Balaban J connectivity index is 1.57. The summed E-state index contributed by atoms with van der Waals surface area (Å²) in [6.45, 7) is 3.63. The van der Waals surface area contributed by atoms with Gasteiger partial charge >= 0.3 is 12.1 Å². The molecule has 1 amide bonds. The zero-order valence-electron chi connectivity index (χ0n) is 21.1. The molecule has 0 bridgehead atoms. The number of carbonyl (C=O) groups is 2. The number of alkyl halides is 3. The molecule has 0 saturated heterocycles. The summed E-state index contributed by atoms with van der Waals surface area (Å²) in [7, 11) is 0. The third kappa shape index (κ3) is 4.84. The number of carboxylic acid groups (broad SMARTS) is 1. The van der Waals surface area contributed by atoms with Gasteiger partial charge in [0.25, 0.3) is 5.91 Å². The van der Waals surface area contributed by atoms with Gasteiger partial charge in [-0.25, -0.2) is 9.78 Å². The average Bonchev–Trinajstić information content (AvgIpc) is 3.17. The number of fused-ring (bicyclic) bond motifs is 1. The van der Waals surface area contributed by atoms with Crippen molar-refractivity contribution in [1.29, 1.82) is 0 Å². The monoisotopic (exact) mass is 546 g/mol. The van der Waals surface area contributed by atoms with E-state index in [9.17, 15) is 33.0 Å². The van der Waals surface area contributed by atoms with E-state index in [0.717, 1.165) is 23.3 Å². The van der Waals surface area contributed by atoms with Crippen molar-refractivity contribution >= 4 is 34.8 Å². The molecule has 202 valence electrons. The van der Waals surface area contributed by atoms with Crippen LogP contribution in [0, 0.1) is 13.8 Å². The van der Waals surface area contributed by atoms with E-state index < -0.39 is 23.6 Å². The van der Waals surface area contributed by atoms with Crippen LogP contribution >= 0.6 is 0 Å². The standard InChI is InChI=1S/C29H21F3N4O4/c1-15-10-16(2)12-20(11-15)36-23-14-19(29(30,31)32)6-7-22(23)24(27(36)38)34-35-26-25(37)21(8-9-33-26)17-4-3-5-18(13-17)28(39)40/h3-14,37H,1-2H3,(H,33,35)(H,39,40)/b34-24-. The molecule has 0 atom stereocenters. The molecule has 5 rings (SSSR count). The van der Waals surface area contributed by atoms with Crippen molar-refractivity contribution in [3.8, 4) is 16.9 Å². The average molecular weight is 547 g/mol. The number of aromatic nitrogens is 1. The van der Waals surface area contributed by atoms with Crippen LogP contribution in [-0.4, -0.2) is 32.8 Å². The van der Waals surface area contributed by atoms with Crippen molar-refractivity contribution in [3.63, 3.8) is 0 Å². The molecular formula is C29H21F3N4O4. The molecule has 1 aliphatic heterocycles. The molecule has 8 nitrogen and oxygen atoms in total. The van der Waals surface area contributed by atoms with Crippen LogP contribution in [0.2, 0.25) is 0 Å². The Morgan fingerprint density at radius 1 is 0.975 bits per heavy atom. The van der Waals surface area contributed by atoms with Gasteiger partial charge in [-0.3, -0.25) is 15.1 Å². The van der Waals surface area contributed by atoms with Crippen molar-refractivity contribution < 1.29 is 33.0 Å². The molecule has 1 aliphatic rings. The fraction of sp³-hybridized carbons (Fsp3) is 0.103. The molecule has 3 aromatic carbocycles. The maximum Gasteiger partial charge on any atom is 0.416 e. The second-order valence-corrected chi connectivity index (χ2v) is 9.23. The lowest BCUT2D eigenvalue weighted by Crippen LogP contribution is -2.26. The summed E-state index contributed by atoms with van der Waals surface area (Å²) in [4.78, 5) is 30.2. The smallest absolute Gasteiger partial charge is 0.416 e. The molecule has 3 N–H and O–H groups in total. The number of hydrogen-bond donors (Lipinski definition) is 3. The number of amides is 1. The zero-order chi connectivity index (χ0) is 28.8. The third-order valence-corrected chi connectivity index (χ3v) is 6.31. The highest BCUT2D eigenvalue weighted by Gasteiger charge is 2.39. The second-order valence-electron chi connectivity index (χ2n) is 9.23. The van der Waals surface area contributed by atoms with E-state index in [1.54, 1.807) is 18.2 Å². The lowest BCUT2D eigenvalue weighted by atomic mass is 10.0. The Bertz CT molecular complexity index is 1700. The third-order valence-electron chi connectivity index (χ3n) is 6.31. The minimum atomic E-state index is -4.63. The number of nitrogens with zero attached hydrogens (tertiary/aromatic N) is 3. The predicted octanol–water partition coefficient (Wildman–Crippen LogP) is 6.28. The molecule has 0 aliphatic carbocycles. The first-order valence-electron chi connectivity index (χ1n) is 11.9. The first-order chi connectivity index (χ1) is 18.9. The lowest BCUT2D eigenvalue weighted by Gasteiger charge is -2.19. The summed E-state index contributed by atoms with van der Waals surface area (Å²) in [6.07, 6.45) is -3.27. The van der Waals surface area contributed by atoms with Crippen LogP contribution in [0.5, 0.6) is 5.75 Å². The van der Waals surface area contributed by atoms with Crippen molar-refractivity contribution in [2.24, 2.45) is 5.10 Å². The van der Waals surface area contributed by atoms with Crippen LogP contribution in [0.3, 0.4) is 0 Å². The molecule has 0 spiro atoms. The summed E-state index contributed by atoms with van der Waals surface area (Å²) in [5.74, 6) is -2.31. The molecule has 4 aromatic rings. The Morgan fingerprint density at radius 2 is 1.70 bits per heavy atom. The van der Waals surface area contributed by atoms with Crippen LogP contribution in [-0.2, 0) is 11.0 Å². The van der Waals surface area contributed by atoms with Crippen molar-refractivity contribution in [1.82, 2.24) is 4.98 Å². The van der Waals surface area contributed by atoms with Gasteiger partial charge in [0, 0.05) is 23.0 Å². The molecule has 40 heavy (non-hydrogen) atoms. The minimum absolute atomic E-state index is 0.0151. The van der Waals surface area contributed by atoms with E-state index >= 15 is 0 Å². The highest BCUT2D eigenvalue weighted by molar-refractivity contribution is 6.55. The van der Waals surface area contributed by atoms with Crippen LogP contribution < -0.4 is 10.3 Å². The molecule has 1 aromatic heterocycles. The zero-order valence-corrected chi connectivity index (χ0v) is 21.1. The largest absolute Gasteiger partial charge is 0.504 e. The first kappa shape index (κ1) is 26.4. The van der Waals surface area contributed by atoms with Gasteiger partial charge in [0.2, 0.25) is 0 Å². The number of aromatic carboxylic acids is 1. The number of aryl methyl sites for hydroxylation is 2. The Morgan fingerprint density at radius 3 is 2.38 bits per heavy atom. The number of carbonyl (C=O) groups excluding carboxylic acids is 1. The van der Waals surface area contributed by atoms with Gasteiger partial charge in [-0.1, -0.05) is 18.2 Å². The van der Waals surface area contributed by atoms with Gasteiger partial charge < -0.3 is 10.2 Å². The maximum atomic E-state index is 13.6. The van der Waals surface area contributed by atoms with E-state index in [-0.39, 0.29) is 39.7 Å². The van der Waals surface area contributed by atoms with E-state index in [1.807, 2.05) is 19.9 Å². The van der Waals surface area contributed by atoms with Gasteiger partial charge in [0.05, 0.1) is 16.8 Å². The van der Waals surface area contributed by atoms with E-state index in [0.29, 0.717) is 11.3 Å². The Hall–Kier alpha value is -5.19. The van der Waals surface area contributed by atoms with Crippen LogP contribution in [0.4, 0.5) is 30.4 Å². The summed E-state index contributed by atoms with van der Waals surface area (Å²) in [5, 5.41) is 24.3. The number of carboxylic acids is 1. The molecule has 2 heterocycles. The Kier molecular flexibility index (Phi) is 6.50. The van der Waals surface area contributed by atoms with E-state index in [4.69, 9.17) is 0 Å². The van der Waals surface area contributed by atoms with Gasteiger partial charge in [0.1, 0.15) is 0 Å². The van der Waals surface area contributed by atoms with Gasteiger partial charge in [-0.15, -0.1) is 0 Å². The van der Waals surface area contributed by atoms with Crippen molar-refractivity contribution in [3.05, 3.63) is 101 Å². The van der Waals surface area contributed by atoms with Gasteiger partial charge in [0.15, 0.2) is 17.3 Å². The quantitative estimate of drug-likeness (QED) is 0.254. The summed E-state index contributed by atoms with van der Waals surface area (Å²) in [5.41, 5.74) is 4.32. The SMILES string of the molecule is Cc1cc(C)cc(N2C(=O)/C(=N\Nc3nccc(-c4cccc(C(=O)O)c4)c3O)c3ccc(C(F)(F)F)cc32)c1. The topological polar surface area (TPSA) is 115 Å². The molecular weight excluding hydrogens is 525 g/mol. The molecule has 0 unspecified atom stereocenters. The predicted molar refractivity (Wildman–Crippen MR) is 143 cm³/mol. The minimum Gasteiger partial charge on any atom is -0.504 e. The van der Waals surface area contributed by atoms with Gasteiger partial charge in [-0.2, -0.15) is 18.3 Å². The molecule has 0 saturated carbocycles.